The Bertz CT molecular complexity index is 523. The van der Waals surface area contributed by atoms with Gasteiger partial charge in [0.25, 0.3) is 0 Å². The molecule has 2 aromatic heterocycles. The Labute approximate surface area is 116 Å². The molecule has 106 valence electrons. The third-order valence-electron chi connectivity index (χ3n) is 2.05. The Morgan fingerprint density at radius 1 is 1.26 bits per heavy atom. The van der Waals surface area contributed by atoms with E-state index < -0.39 is 12.7 Å². The predicted molar refractivity (Wildman–Crippen MR) is 67.1 cm³/mol. The lowest BCUT2D eigenvalue weighted by Crippen LogP contribution is -2.18. The van der Waals surface area contributed by atoms with Gasteiger partial charge in [-0.05, 0) is 12.1 Å². The van der Waals surface area contributed by atoms with Crippen LogP contribution in [0.1, 0.15) is 4.88 Å². The molecule has 0 aromatic carbocycles. The molecule has 0 saturated heterocycles. The Hall–Kier alpha value is -1.28. The summed E-state index contributed by atoms with van der Waals surface area (Å²) in [5.41, 5.74) is 0. The molecule has 0 aliphatic heterocycles. The summed E-state index contributed by atoms with van der Waals surface area (Å²) in [6, 6.07) is 4.39. The second kappa shape index (κ2) is 6.25. The molecule has 2 rings (SSSR count). The Kier molecular flexibility index (Phi) is 5.19. The van der Waals surface area contributed by atoms with Crippen molar-refractivity contribution < 1.29 is 17.6 Å². The lowest BCUT2D eigenvalue weighted by Gasteiger charge is -2.05. The van der Waals surface area contributed by atoms with E-state index in [4.69, 9.17) is 0 Å². The first kappa shape index (κ1) is 15.8. The number of anilines is 1. The van der Waals surface area contributed by atoms with Gasteiger partial charge in [0.2, 0.25) is 0 Å². The van der Waals surface area contributed by atoms with E-state index in [0.717, 1.165) is 20.9 Å². The van der Waals surface area contributed by atoms with Gasteiger partial charge in [0.05, 0.1) is 6.54 Å². The average molecular weight is 316 g/mol. The molecule has 19 heavy (non-hydrogen) atoms. The first-order chi connectivity index (χ1) is 8.42. The van der Waals surface area contributed by atoms with E-state index in [1.54, 1.807) is 6.07 Å². The van der Waals surface area contributed by atoms with E-state index in [0.29, 0.717) is 12.4 Å². The van der Waals surface area contributed by atoms with Crippen LogP contribution in [0.4, 0.5) is 23.4 Å². The Morgan fingerprint density at radius 2 is 2.00 bits per heavy atom. The van der Waals surface area contributed by atoms with Crippen LogP contribution in [0.25, 0.3) is 0 Å². The molecule has 3 nitrogen and oxygen atoms in total. The molecule has 0 atom stereocenters. The van der Waals surface area contributed by atoms with Crippen LogP contribution in [0.5, 0.6) is 0 Å². The summed E-state index contributed by atoms with van der Waals surface area (Å²) >= 11 is 0.980. The fourth-order valence-corrected chi connectivity index (χ4v) is 2.02. The highest BCUT2D eigenvalue weighted by atomic mass is 35.5. The van der Waals surface area contributed by atoms with Crippen molar-refractivity contribution in [2.45, 2.75) is 19.3 Å². The van der Waals surface area contributed by atoms with Crippen molar-refractivity contribution in [3.8, 4) is 0 Å². The number of nitrogens with zero attached hydrogens (tertiary/aromatic N) is 2. The van der Waals surface area contributed by atoms with Gasteiger partial charge in [-0.15, -0.1) is 23.7 Å². The fraction of sp³-hybridized carbons (Fsp3) is 0.300. The first-order valence-electron chi connectivity index (χ1n) is 5.01. The second-order valence-corrected chi connectivity index (χ2v) is 4.69. The minimum Gasteiger partial charge on any atom is -0.364 e. The van der Waals surface area contributed by atoms with Crippen molar-refractivity contribution in [3.63, 3.8) is 0 Å². The van der Waals surface area contributed by atoms with Crippen LogP contribution >= 0.6 is 23.7 Å². The van der Waals surface area contributed by atoms with Gasteiger partial charge in [-0.25, -0.2) is 0 Å². The van der Waals surface area contributed by atoms with Gasteiger partial charge in [-0.1, -0.05) is 0 Å². The SMILES string of the molecule is Cl.Fc1ccc(CNc2ccn(CC(F)(F)F)n2)s1. The highest BCUT2D eigenvalue weighted by molar-refractivity contribution is 7.10. The molecule has 1 N–H and O–H groups in total. The third-order valence-corrected chi connectivity index (χ3v) is 2.93. The molecular weight excluding hydrogens is 306 g/mol. The normalized spacial score (nSPS) is 11.2. The van der Waals surface area contributed by atoms with Gasteiger partial charge in [0, 0.05) is 17.1 Å². The molecule has 0 radical (unpaired) electrons. The summed E-state index contributed by atoms with van der Waals surface area (Å²) in [5.74, 6) is 0.327. The largest absolute Gasteiger partial charge is 0.408 e. The van der Waals surface area contributed by atoms with Crippen LogP contribution in [0.15, 0.2) is 24.4 Å². The second-order valence-electron chi connectivity index (χ2n) is 3.57. The number of rotatable bonds is 4. The van der Waals surface area contributed by atoms with Crippen LogP contribution in [-0.4, -0.2) is 16.0 Å². The molecule has 2 aromatic rings. The topological polar surface area (TPSA) is 29.9 Å². The van der Waals surface area contributed by atoms with Crippen molar-refractivity contribution >= 4 is 29.6 Å². The number of thiophene rings is 1. The van der Waals surface area contributed by atoms with Crippen molar-refractivity contribution in [2.75, 3.05) is 5.32 Å². The maximum Gasteiger partial charge on any atom is 0.408 e. The molecule has 0 aliphatic rings. The third kappa shape index (κ3) is 5.07. The minimum absolute atomic E-state index is 0. The summed E-state index contributed by atoms with van der Waals surface area (Å²) in [7, 11) is 0. The van der Waals surface area contributed by atoms with Crippen molar-refractivity contribution in [1.29, 1.82) is 0 Å². The maximum atomic E-state index is 12.7. The molecule has 0 fully saturated rings. The van der Waals surface area contributed by atoms with Crippen molar-refractivity contribution in [3.05, 3.63) is 34.4 Å². The molecule has 0 saturated carbocycles. The van der Waals surface area contributed by atoms with Crippen molar-refractivity contribution in [2.24, 2.45) is 0 Å². The maximum absolute atomic E-state index is 12.7. The standard InChI is InChI=1S/C10H9F4N3S.ClH/c11-8-2-1-7(18-8)5-15-9-3-4-17(16-9)6-10(12,13)14;/h1-4H,5-6H2,(H,15,16);1H. The summed E-state index contributed by atoms with van der Waals surface area (Å²) in [4.78, 5) is 0.748. The monoisotopic (exact) mass is 315 g/mol. The summed E-state index contributed by atoms with van der Waals surface area (Å²) in [5, 5.41) is 6.24. The van der Waals surface area contributed by atoms with Gasteiger partial charge in [0.1, 0.15) is 12.4 Å². The smallest absolute Gasteiger partial charge is 0.364 e. The molecule has 9 heteroatoms. The van der Waals surface area contributed by atoms with Gasteiger partial charge in [-0.3, -0.25) is 4.68 Å². The van der Waals surface area contributed by atoms with E-state index in [2.05, 4.69) is 10.4 Å². The number of halogens is 5. The van der Waals surface area contributed by atoms with Crippen LogP contribution in [0.3, 0.4) is 0 Å². The van der Waals surface area contributed by atoms with E-state index in [1.807, 2.05) is 0 Å². The molecule has 0 spiro atoms. The van der Waals surface area contributed by atoms with Crippen LogP contribution < -0.4 is 5.32 Å². The van der Waals surface area contributed by atoms with E-state index in [9.17, 15) is 17.6 Å². The number of nitrogens with one attached hydrogen (secondary N) is 1. The van der Waals surface area contributed by atoms with E-state index >= 15 is 0 Å². The van der Waals surface area contributed by atoms with Crippen LogP contribution in [0.2, 0.25) is 0 Å². The molecule has 2 heterocycles. The van der Waals surface area contributed by atoms with Gasteiger partial charge >= 0.3 is 6.18 Å². The molecule has 0 bridgehead atoms. The van der Waals surface area contributed by atoms with Gasteiger partial charge in [-0.2, -0.15) is 22.7 Å². The zero-order chi connectivity index (χ0) is 13.2. The summed E-state index contributed by atoms with van der Waals surface area (Å²) in [6.45, 7) is -0.792. The highest BCUT2D eigenvalue weighted by Gasteiger charge is 2.28. The van der Waals surface area contributed by atoms with E-state index in [1.165, 1.54) is 18.3 Å². The van der Waals surface area contributed by atoms with E-state index in [-0.39, 0.29) is 17.5 Å². The van der Waals surface area contributed by atoms with Gasteiger partial charge < -0.3 is 5.32 Å². The number of hydrogen-bond acceptors (Lipinski definition) is 3. The average Bonchev–Trinajstić information content (AvgIpc) is 2.82. The van der Waals surface area contributed by atoms with Crippen LogP contribution in [-0.2, 0) is 13.1 Å². The molecular formula is C10H10ClF4N3S. The predicted octanol–water partition coefficient (Wildman–Crippen LogP) is 3.68. The lowest BCUT2D eigenvalue weighted by molar-refractivity contribution is -0.142. The van der Waals surface area contributed by atoms with Crippen molar-refractivity contribution in [1.82, 2.24) is 9.78 Å². The Morgan fingerprint density at radius 3 is 2.58 bits per heavy atom. The molecule has 0 amide bonds. The van der Waals surface area contributed by atoms with Crippen LogP contribution in [0, 0.1) is 5.13 Å². The number of hydrogen-bond donors (Lipinski definition) is 1. The zero-order valence-corrected chi connectivity index (χ0v) is 11.1. The Balaban J connectivity index is 0.00000180. The highest BCUT2D eigenvalue weighted by Crippen LogP contribution is 2.18. The fourth-order valence-electron chi connectivity index (χ4n) is 1.35. The minimum atomic E-state index is -4.29. The molecule has 0 aliphatic carbocycles. The quantitative estimate of drug-likeness (QED) is 0.872. The summed E-state index contributed by atoms with van der Waals surface area (Å²) in [6.07, 6.45) is -3.05. The van der Waals surface area contributed by atoms with Gasteiger partial charge in [0.15, 0.2) is 5.13 Å². The molecule has 0 unspecified atom stereocenters. The number of alkyl halides is 3. The zero-order valence-electron chi connectivity index (χ0n) is 9.45. The first-order valence-corrected chi connectivity index (χ1v) is 5.82. The lowest BCUT2D eigenvalue weighted by atomic mass is 10.4. The number of aromatic nitrogens is 2. The summed E-state index contributed by atoms with van der Waals surface area (Å²) < 4.78 is 49.7.